The molecule has 0 unspecified atom stereocenters. The Bertz CT molecular complexity index is 518. The second-order valence-corrected chi connectivity index (χ2v) is 7.55. The van der Waals surface area contributed by atoms with Gasteiger partial charge in [0, 0.05) is 36.6 Å². The molecule has 1 aliphatic heterocycles. The maximum atomic E-state index is 13.2. The Labute approximate surface area is 119 Å². The van der Waals surface area contributed by atoms with Crippen LogP contribution in [-0.4, -0.2) is 16.8 Å². The molecule has 1 atom stereocenters. The summed E-state index contributed by atoms with van der Waals surface area (Å²) in [6, 6.07) is 1.98. The maximum Gasteiger partial charge on any atom is 0.143 e. The van der Waals surface area contributed by atoms with Crippen molar-refractivity contribution in [3.05, 3.63) is 23.5 Å². The molecule has 3 rings (SSSR count). The van der Waals surface area contributed by atoms with Crippen LogP contribution in [0.3, 0.4) is 0 Å². The molecule has 1 aromatic rings. The zero-order chi connectivity index (χ0) is 14.5. The summed E-state index contributed by atoms with van der Waals surface area (Å²) < 4.78 is 19.2. The molecule has 0 radical (unpaired) electrons. The number of hydrogen-bond donors (Lipinski definition) is 1. The fourth-order valence-corrected chi connectivity index (χ4v) is 3.30. The third kappa shape index (κ3) is 2.53. The highest BCUT2D eigenvalue weighted by Crippen LogP contribution is 2.49. The van der Waals surface area contributed by atoms with Crippen molar-refractivity contribution < 1.29 is 9.13 Å². The van der Waals surface area contributed by atoms with Crippen molar-refractivity contribution in [1.29, 1.82) is 0 Å². The molecule has 2 N–H and O–H groups in total. The molecule has 1 aliphatic carbocycles. The molecule has 1 saturated carbocycles. The van der Waals surface area contributed by atoms with Gasteiger partial charge in [-0.05, 0) is 17.9 Å². The van der Waals surface area contributed by atoms with E-state index in [0.717, 1.165) is 23.4 Å². The van der Waals surface area contributed by atoms with E-state index < -0.39 is 6.17 Å². The number of ether oxygens (including phenoxy) is 1. The van der Waals surface area contributed by atoms with Crippen molar-refractivity contribution >= 4 is 0 Å². The van der Waals surface area contributed by atoms with Crippen LogP contribution in [0.2, 0.25) is 0 Å². The van der Waals surface area contributed by atoms with E-state index in [4.69, 9.17) is 10.5 Å². The highest BCUT2D eigenvalue weighted by Gasteiger charge is 2.50. The summed E-state index contributed by atoms with van der Waals surface area (Å²) in [5.74, 6) is 0.744. The summed E-state index contributed by atoms with van der Waals surface area (Å²) in [5.41, 5.74) is 8.16. The largest absolute Gasteiger partial charge is 0.485 e. The number of pyridine rings is 1. The van der Waals surface area contributed by atoms with E-state index >= 15 is 0 Å². The minimum atomic E-state index is -0.739. The topological polar surface area (TPSA) is 48.1 Å². The molecule has 3 nitrogen and oxygen atoms in total. The van der Waals surface area contributed by atoms with E-state index in [9.17, 15) is 4.39 Å². The van der Waals surface area contributed by atoms with E-state index in [2.05, 4.69) is 31.8 Å². The van der Waals surface area contributed by atoms with E-state index in [1.54, 1.807) is 6.20 Å². The quantitative estimate of drug-likeness (QED) is 0.857. The highest BCUT2D eigenvalue weighted by molar-refractivity contribution is 5.39. The lowest BCUT2D eigenvalue weighted by Crippen LogP contribution is -2.53. The molecule has 2 aliphatic rings. The molecule has 2 heterocycles. The Hall–Kier alpha value is -1.16. The van der Waals surface area contributed by atoms with Crippen molar-refractivity contribution in [2.45, 2.75) is 64.3 Å². The summed E-state index contributed by atoms with van der Waals surface area (Å²) >= 11 is 0. The van der Waals surface area contributed by atoms with Crippen molar-refractivity contribution in [3.63, 3.8) is 0 Å². The molecule has 0 saturated heterocycles. The van der Waals surface area contributed by atoms with Gasteiger partial charge >= 0.3 is 0 Å². The summed E-state index contributed by atoms with van der Waals surface area (Å²) in [4.78, 5) is 4.48. The Balaban J connectivity index is 1.84. The van der Waals surface area contributed by atoms with E-state index in [1.807, 2.05) is 0 Å². The molecule has 0 aromatic carbocycles. The van der Waals surface area contributed by atoms with E-state index in [0.29, 0.717) is 19.3 Å². The SMILES string of the molecule is CC(C)(C)Cc1cc2c(cn1)OC1(CC(F)C1)C[C@@H]2N. The zero-order valence-corrected chi connectivity index (χ0v) is 12.4. The van der Waals surface area contributed by atoms with Gasteiger partial charge in [-0.2, -0.15) is 0 Å². The molecule has 0 bridgehead atoms. The normalized spacial score (nSPS) is 32.5. The van der Waals surface area contributed by atoms with Gasteiger partial charge in [0.15, 0.2) is 0 Å². The van der Waals surface area contributed by atoms with Gasteiger partial charge in [-0.1, -0.05) is 20.8 Å². The number of rotatable bonds is 1. The summed E-state index contributed by atoms with van der Waals surface area (Å²) in [6.45, 7) is 6.57. The lowest BCUT2D eigenvalue weighted by Gasteiger charge is -2.48. The van der Waals surface area contributed by atoms with Crippen molar-refractivity contribution in [1.82, 2.24) is 4.98 Å². The van der Waals surface area contributed by atoms with Crippen LogP contribution in [0.4, 0.5) is 4.39 Å². The molecule has 1 aromatic heterocycles. The Morgan fingerprint density at radius 1 is 1.40 bits per heavy atom. The van der Waals surface area contributed by atoms with Gasteiger partial charge in [0.2, 0.25) is 0 Å². The van der Waals surface area contributed by atoms with Gasteiger partial charge in [0.25, 0.3) is 0 Å². The maximum absolute atomic E-state index is 13.2. The first-order valence-electron chi connectivity index (χ1n) is 7.34. The number of halogens is 1. The minimum Gasteiger partial charge on any atom is -0.485 e. The average Bonchev–Trinajstić information content (AvgIpc) is 2.26. The highest BCUT2D eigenvalue weighted by atomic mass is 19.1. The van der Waals surface area contributed by atoms with Gasteiger partial charge < -0.3 is 10.5 Å². The molecule has 110 valence electrons. The third-order valence-electron chi connectivity index (χ3n) is 4.17. The van der Waals surface area contributed by atoms with Gasteiger partial charge in [-0.15, -0.1) is 0 Å². The van der Waals surface area contributed by atoms with E-state index in [-0.39, 0.29) is 17.1 Å². The lowest BCUT2D eigenvalue weighted by atomic mass is 9.72. The third-order valence-corrected chi connectivity index (χ3v) is 4.17. The minimum absolute atomic E-state index is 0.0760. The van der Waals surface area contributed by atoms with Crippen LogP contribution in [-0.2, 0) is 6.42 Å². The Morgan fingerprint density at radius 3 is 2.70 bits per heavy atom. The standard InChI is InChI=1S/C16H23FN2O/c1-15(2,3)7-11-4-12-13(18)8-16(5-10(17)6-16)20-14(12)9-19-11/h4,9-10,13H,5-8,18H2,1-3H3/t10?,13-,16?/m0/s1. The van der Waals surface area contributed by atoms with Crippen LogP contribution in [0.15, 0.2) is 12.3 Å². The van der Waals surface area contributed by atoms with Crippen LogP contribution in [0, 0.1) is 5.41 Å². The predicted molar refractivity (Wildman–Crippen MR) is 76.4 cm³/mol. The second-order valence-electron chi connectivity index (χ2n) is 7.55. The average molecular weight is 278 g/mol. The molecule has 0 amide bonds. The van der Waals surface area contributed by atoms with E-state index in [1.165, 1.54) is 0 Å². The first-order chi connectivity index (χ1) is 9.26. The van der Waals surface area contributed by atoms with Gasteiger partial charge in [-0.3, -0.25) is 4.98 Å². The van der Waals surface area contributed by atoms with Crippen molar-refractivity contribution in [3.8, 4) is 5.75 Å². The molecular weight excluding hydrogens is 255 g/mol. The van der Waals surface area contributed by atoms with Crippen LogP contribution in [0.5, 0.6) is 5.75 Å². The van der Waals surface area contributed by atoms with Crippen LogP contribution >= 0.6 is 0 Å². The molecule has 1 spiro atoms. The number of alkyl halides is 1. The summed E-state index contributed by atoms with van der Waals surface area (Å²) in [7, 11) is 0. The second kappa shape index (κ2) is 4.42. The van der Waals surface area contributed by atoms with Crippen LogP contribution in [0.25, 0.3) is 0 Å². The monoisotopic (exact) mass is 278 g/mol. The first kappa shape index (κ1) is 13.8. The van der Waals surface area contributed by atoms with Gasteiger partial charge in [0.05, 0.1) is 6.20 Å². The molecule has 20 heavy (non-hydrogen) atoms. The van der Waals surface area contributed by atoms with Gasteiger partial charge in [-0.25, -0.2) is 4.39 Å². The van der Waals surface area contributed by atoms with Gasteiger partial charge in [0.1, 0.15) is 17.5 Å². The fraction of sp³-hybridized carbons (Fsp3) is 0.688. The number of fused-ring (bicyclic) bond motifs is 1. The molecule has 1 fully saturated rings. The van der Waals surface area contributed by atoms with Crippen LogP contribution < -0.4 is 10.5 Å². The zero-order valence-electron chi connectivity index (χ0n) is 12.4. The summed E-state index contributed by atoms with van der Waals surface area (Å²) in [6.07, 6.45) is 3.57. The van der Waals surface area contributed by atoms with Crippen LogP contribution in [0.1, 0.15) is 57.3 Å². The predicted octanol–water partition coefficient (Wildman–Crippen LogP) is 3.32. The smallest absolute Gasteiger partial charge is 0.143 e. The number of hydrogen-bond acceptors (Lipinski definition) is 3. The van der Waals surface area contributed by atoms with Crippen molar-refractivity contribution in [2.24, 2.45) is 11.1 Å². The Morgan fingerprint density at radius 2 is 2.10 bits per heavy atom. The number of nitrogens with two attached hydrogens (primary N) is 1. The number of aromatic nitrogens is 1. The van der Waals surface area contributed by atoms with Crippen molar-refractivity contribution in [2.75, 3.05) is 0 Å². The molecular formula is C16H23FN2O. The lowest BCUT2D eigenvalue weighted by molar-refractivity contribution is -0.0812. The summed E-state index contributed by atoms with van der Waals surface area (Å²) in [5, 5.41) is 0. The number of nitrogens with zero attached hydrogens (tertiary/aromatic N) is 1. The Kier molecular flexibility index (Phi) is 3.05. The first-order valence-corrected chi connectivity index (χ1v) is 7.34. The fourth-order valence-electron chi connectivity index (χ4n) is 3.30. The molecule has 4 heteroatoms.